The second kappa shape index (κ2) is 4.54. The topological polar surface area (TPSA) is 29.5 Å². The van der Waals surface area contributed by atoms with Crippen molar-refractivity contribution in [3.63, 3.8) is 0 Å². The highest BCUT2D eigenvalue weighted by atomic mass is 79.9. The molecule has 0 spiro atoms. The van der Waals surface area contributed by atoms with Gasteiger partial charge in [-0.1, -0.05) is 0 Å². The Bertz CT molecular complexity index is 359. The summed E-state index contributed by atoms with van der Waals surface area (Å²) in [5, 5.41) is 9.25. The van der Waals surface area contributed by atoms with Crippen molar-refractivity contribution in [1.82, 2.24) is 0 Å². The van der Waals surface area contributed by atoms with Crippen molar-refractivity contribution in [2.75, 3.05) is 6.61 Å². The zero-order valence-electron chi connectivity index (χ0n) is 8.79. The third-order valence-electron chi connectivity index (χ3n) is 2.60. The van der Waals surface area contributed by atoms with E-state index in [0.29, 0.717) is 0 Å². The van der Waals surface area contributed by atoms with Gasteiger partial charge >= 0.3 is 0 Å². The average molecular weight is 271 g/mol. The van der Waals surface area contributed by atoms with Crippen LogP contribution in [-0.2, 0) is 6.61 Å². The fraction of sp³-hybridized carbons (Fsp3) is 0.500. The Morgan fingerprint density at radius 2 is 2.20 bits per heavy atom. The first-order valence-corrected chi connectivity index (χ1v) is 6.02. The van der Waals surface area contributed by atoms with Crippen LogP contribution in [0.3, 0.4) is 0 Å². The van der Waals surface area contributed by atoms with E-state index in [1.54, 1.807) is 0 Å². The van der Waals surface area contributed by atoms with Crippen LogP contribution in [0.5, 0.6) is 5.75 Å². The van der Waals surface area contributed by atoms with E-state index in [4.69, 9.17) is 4.74 Å². The van der Waals surface area contributed by atoms with E-state index in [9.17, 15) is 5.11 Å². The van der Waals surface area contributed by atoms with Gasteiger partial charge in [-0.15, -0.1) is 0 Å². The first kappa shape index (κ1) is 11.0. The quantitative estimate of drug-likeness (QED) is 0.912. The molecule has 3 heteroatoms. The lowest BCUT2D eigenvalue weighted by atomic mass is 10.1. The van der Waals surface area contributed by atoms with E-state index in [2.05, 4.69) is 15.9 Å². The van der Waals surface area contributed by atoms with Gasteiger partial charge in [0.1, 0.15) is 5.75 Å². The van der Waals surface area contributed by atoms with Gasteiger partial charge in [0.2, 0.25) is 0 Å². The van der Waals surface area contributed by atoms with Crippen LogP contribution in [0.15, 0.2) is 16.6 Å². The Hall–Kier alpha value is -0.540. The molecule has 0 aliphatic heterocycles. The summed E-state index contributed by atoms with van der Waals surface area (Å²) in [6, 6.07) is 3.98. The lowest BCUT2D eigenvalue weighted by Gasteiger charge is -2.12. The van der Waals surface area contributed by atoms with Crippen molar-refractivity contribution in [3.8, 4) is 5.75 Å². The van der Waals surface area contributed by atoms with Gasteiger partial charge in [0.15, 0.2) is 0 Å². The number of benzene rings is 1. The minimum Gasteiger partial charge on any atom is -0.492 e. The molecule has 2 nitrogen and oxygen atoms in total. The number of aryl methyl sites for hydroxylation is 1. The summed E-state index contributed by atoms with van der Waals surface area (Å²) in [4.78, 5) is 0. The molecule has 82 valence electrons. The Morgan fingerprint density at radius 1 is 1.47 bits per heavy atom. The molecule has 0 amide bonds. The molecule has 1 fully saturated rings. The van der Waals surface area contributed by atoms with Gasteiger partial charge < -0.3 is 9.84 Å². The van der Waals surface area contributed by atoms with Crippen LogP contribution in [-0.4, -0.2) is 11.7 Å². The molecular weight excluding hydrogens is 256 g/mol. The van der Waals surface area contributed by atoms with E-state index in [-0.39, 0.29) is 6.61 Å². The van der Waals surface area contributed by atoms with Crippen molar-refractivity contribution >= 4 is 15.9 Å². The predicted molar refractivity (Wildman–Crippen MR) is 63.0 cm³/mol. The maximum absolute atomic E-state index is 9.25. The van der Waals surface area contributed by atoms with Crippen molar-refractivity contribution < 1.29 is 9.84 Å². The Labute approximate surface area is 98.4 Å². The zero-order chi connectivity index (χ0) is 10.8. The Kier molecular flexibility index (Phi) is 3.32. The van der Waals surface area contributed by atoms with E-state index in [1.165, 1.54) is 12.8 Å². The monoisotopic (exact) mass is 270 g/mol. The van der Waals surface area contributed by atoms with Gasteiger partial charge in [-0.05, 0) is 59.3 Å². The molecule has 0 unspecified atom stereocenters. The zero-order valence-corrected chi connectivity index (χ0v) is 10.4. The summed E-state index contributed by atoms with van der Waals surface area (Å²) in [5.74, 6) is 1.53. The Morgan fingerprint density at radius 3 is 2.80 bits per heavy atom. The second-order valence-electron chi connectivity index (χ2n) is 4.15. The molecule has 0 heterocycles. The molecule has 0 atom stereocenters. The lowest BCUT2D eigenvalue weighted by Crippen LogP contribution is -2.03. The molecule has 2 rings (SSSR count). The summed E-state index contributed by atoms with van der Waals surface area (Å²) >= 11 is 3.47. The number of hydrogen-bond donors (Lipinski definition) is 1. The van der Waals surface area contributed by atoms with Crippen LogP contribution in [0.2, 0.25) is 0 Å². The number of rotatable bonds is 4. The van der Waals surface area contributed by atoms with Gasteiger partial charge in [-0.3, -0.25) is 0 Å². The van der Waals surface area contributed by atoms with Crippen molar-refractivity contribution in [2.45, 2.75) is 26.4 Å². The molecule has 0 bridgehead atoms. The maximum atomic E-state index is 9.25. The number of hydrogen-bond acceptors (Lipinski definition) is 2. The van der Waals surface area contributed by atoms with Crippen LogP contribution in [0.4, 0.5) is 0 Å². The number of aliphatic hydroxyl groups excluding tert-OH is 1. The normalized spacial score (nSPS) is 15.4. The average Bonchev–Trinajstić information content (AvgIpc) is 2.99. The molecule has 1 aromatic rings. The standard InChI is InChI=1S/C12H15BrO2/c1-8-4-10(6-14)12(11(13)5-8)15-7-9-2-3-9/h4-5,9,14H,2-3,6-7H2,1H3. The van der Waals surface area contributed by atoms with Crippen LogP contribution in [0, 0.1) is 12.8 Å². The fourth-order valence-corrected chi connectivity index (χ4v) is 2.30. The van der Waals surface area contributed by atoms with E-state index in [1.807, 2.05) is 19.1 Å². The molecule has 0 saturated heterocycles. The minimum absolute atomic E-state index is 0.0281. The number of ether oxygens (including phenoxy) is 1. The highest BCUT2D eigenvalue weighted by Crippen LogP contribution is 2.34. The van der Waals surface area contributed by atoms with Gasteiger partial charge in [-0.2, -0.15) is 0 Å². The summed E-state index contributed by atoms with van der Waals surface area (Å²) in [6.07, 6.45) is 2.55. The Balaban J connectivity index is 2.17. The first-order chi connectivity index (χ1) is 7.20. The molecule has 0 radical (unpaired) electrons. The summed E-state index contributed by atoms with van der Waals surface area (Å²) < 4.78 is 6.67. The molecule has 1 aromatic carbocycles. The van der Waals surface area contributed by atoms with Crippen LogP contribution in [0.25, 0.3) is 0 Å². The molecule has 1 aliphatic carbocycles. The smallest absolute Gasteiger partial charge is 0.139 e. The molecule has 0 aromatic heterocycles. The highest BCUT2D eigenvalue weighted by Gasteiger charge is 2.22. The summed E-state index contributed by atoms with van der Waals surface area (Å²) in [6.45, 7) is 2.81. The molecule has 1 aliphatic rings. The van der Waals surface area contributed by atoms with Crippen LogP contribution in [0.1, 0.15) is 24.0 Å². The highest BCUT2D eigenvalue weighted by molar-refractivity contribution is 9.10. The minimum atomic E-state index is 0.0281. The van der Waals surface area contributed by atoms with Gasteiger partial charge in [0, 0.05) is 5.56 Å². The first-order valence-electron chi connectivity index (χ1n) is 5.23. The lowest BCUT2D eigenvalue weighted by molar-refractivity contribution is 0.257. The maximum Gasteiger partial charge on any atom is 0.139 e. The third-order valence-corrected chi connectivity index (χ3v) is 3.18. The molecular formula is C12H15BrO2. The third kappa shape index (κ3) is 2.73. The second-order valence-corrected chi connectivity index (χ2v) is 5.00. The van der Waals surface area contributed by atoms with E-state index in [0.717, 1.165) is 33.9 Å². The summed E-state index contributed by atoms with van der Waals surface area (Å²) in [7, 11) is 0. The fourth-order valence-electron chi connectivity index (χ4n) is 1.57. The van der Waals surface area contributed by atoms with E-state index < -0.39 is 0 Å². The molecule has 15 heavy (non-hydrogen) atoms. The van der Waals surface area contributed by atoms with E-state index >= 15 is 0 Å². The summed E-state index contributed by atoms with van der Waals surface area (Å²) in [5.41, 5.74) is 1.99. The van der Waals surface area contributed by atoms with Gasteiger partial charge in [0.05, 0.1) is 17.7 Å². The number of halogens is 1. The molecule has 1 N–H and O–H groups in total. The largest absolute Gasteiger partial charge is 0.492 e. The van der Waals surface area contributed by atoms with Crippen molar-refractivity contribution in [2.24, 2.45) is 5.92 Å². The predicted octanol–water partition coefficient (Wildman–Crippen LogP) is 3.04. The van der Waals surface area contributed by atoms with Crippen LogP contribution < -0.4 is 4.74 Å². The van der Waals surface area contributed by atoms with Gasteiger partial charge in [-0.25, -0.2) is 0 Å². The van der Waals surface area contributed by atoms with Crippen molar-refractivity contribution in [3.05, 3.63) is 27.7 Å². The SMILES string of the molecule is Cc1cc(Br)c(OCC2CC2)c(CO)c1. The molecule has 1 saturated carbocycles. The number of aliphatic hydroxyl groups is 1. The van der Waals surface area contributed by atoms with Gasteiger partial charge in [0.25, 0.3) is 0 Å². The van der Waals surface area contributed by atoms with Crippen LogP contribution >= 0.6 is 15.9 Å². The van der Waals surface area contributed by atoms with Crippen molar-refractivity contribution in [1.29, 1.82) is 0 Å².